The summed E-state index contributed by atoms with van der Waals surface area (Å²) in [6.45, 7) is 9.61. The first-order valence-corrected chi connectivity index (χ1v) is 42.9. The lowest BCUT2D eigenvalue weighted by molar-refractivity contribution is 0.666. The molecule has 2 aliphatic carbocycles. The van der Waals surface area contributed by atoms with Gasteiger partial charge >= 0.3 is 0 Å². The van der Waals surface area contributed by atoms with Crippen molar-refractivity contribution in [1.82, 2.24) is 0 Å². The first kappa shape index (κ1) is 71.1. The van der Waals surface area contributed by atoms with Crippen LogP contribution in [0.1, 0.15) is 49.9 Å². The Labute approximate surface area is 710 Å². The minimum atomic E-state index is -0.128. The average molecular weight is 1550 g/mol. The summed E-state index contributed by atoms with van der Waals surface area (Å²) in [4.78, 5) is 0. The van der Waals surface area contributed by atoms with Gasteiger partial charge in [0.25, 0.3) is 0 Å². The van der Waals surface area contributed by atoms with E-state index in [9.17, 15) is 0 Å². The SMILES string of the molecule is CC1(C)c2ccc(-c3cccc(-c4c5ccccc5c(-c5ccc(-c6ccc7ccccc7c6)cc5)c5ccccc45)c3)cc2-c2c1c1ccccc1c1ccccc21.CC1(C)c2ccc(-c3cccc(-c4c5ccccc5c(-c5cccc(-c6cc7ccccc7c7ccccc67)c5)c5ccccc45)c3)cc2-c2c1c1ccccc1c1ccccc21. The topological polar surface area (TPSA) is 0 Å². The Morgan fingerprint density at radius 3 is 0.811 bits per heavy atom. The first-order valence-electron chi connectivity index (χ1n) is 42.9. The fourth-order valence-corrected chi connectivity index (χ4v) is 21.9. The average Bonchev–Trinajstić information content (AvgIpc) is 1.54. The van der Waals surface area contributed by atoms with E-state index in [4.69, 9.17) is 0 Å². The third-order valence-corrected chi connectivity index (χ3v) is 27.4. The fraction of sp³-hybridized carbons (Fsp3) is 0.0492. The van der Waals surface area contributed by atoms with Crippen molar-refractivity contribution in [2.45, 2.75) is 38.5 Å². The monoisotopic (exact) mass is 1550 g/mol. The Hall–Kier alpha value is -15.1. The van der Waals surface area contributed by atoms with E-state index in [1.165, 1.54) is 252 Å². The zero-order chi connectivity index (χ0) is 81.1. The van der Waals surface area contributed by atoms with Crippen molar-refractivity contribution in [3.05, 3.63) is 447 Å². The molecule has 570 valence electrons. The third-order valence-electron chi connectivity index (χ3n) is 27.4. The third kappa shape index (κ3) is 11.0. The molecular weight excluding hydrogens is 1470 g/mol. The van der Waals surface area contributed by atoms with E-state index in [0.29, 0.717) is 0 Å². The Morgan fingerprint density at radius 2 is 0.393 bits per heavy atom. The van der Waals surface area contributed by atoms with Gasteiger partial charge in [-0.05, 0) is 294 Å². The van der Waals surface area contributed by atoms with Crippen LogP contribution >= 0.6 is 0 Å². The molecule has 0 bridgehead atoms. The van der Waals surface area contributed by atoms with Crippen LogP contribution in [0.3, 0.4) is 0 Å². The van der Waals surface area contributed by atoms with Crippen LogP contribution in [0.5, 0.6) is 0 Å². The molecule has 23 aromatic carbocycles. The van der Waals surface area contributed by atoms with E-state index in [0.717, 1.165) is 0 Å². The molecule has 25 rings (SSSR count). The molecule has 0 spiro atoms. The summed E-state index contributed by atoms with van der Waals surface area (Å²) in [5.74, 6) is 0. The van der Waals surface area contributed by atoms with Crippen molar-refractivity contribution in [2.24, 2.45) is 0 Å². The second kappa shape index (κ2) is 27.8. The maximum absolute atomic E-state index is 2.47. The van der Waals surface area contributed by atoms with E-state index in [1.807, 2.05) is 0 Å². The zero-order valence-electron chi connectivity index (χ0n) is 68.4. The smallest absolute Gasteiger partial charge is 0.0165 e. The van der Waals surface area contributed by atoms with Crippen LogP contribution in [0.25, 0.3) is 230 Å². The second-order valence-electron chi connectivity index (χ2n) is 34.7. The molecule has 0 heterocycles. The number of rotatable bonds is 8. The van der Waals surface area contributed by atoms with Gasteiger partial charge < -0.3 is 0 Å². The maximum atomic E-state index is 2.47. The van der Waals surface area contributed by atoms with Gasteiger partial charge in [-0.15, -0.1) is 0 Å². The number of benzene rings is 23. The Bertz CT molecular complexity index is 8260. The maximum Gasteiger partial charge on any atom is 0.0165 e. The highest BCUT2D eigenvalue weighted by molar-refractivity contribution is 6.25. The van der Waals surface area contributed by atoms with E-state index < -0.39 is 0 Å². The van der Waals surface area contributed by atoms with Crippen LogP contribution in [0.2, 0.25) is 0 Å². The molecule has 0 N–H and O–H groups in total. The molecule has 0 aliphatic heterocycles. The largest absolute Gasteiger partial charge is 0.0616 e. The summed E-state index contributed by atoms with van der Waals surface area (Å²) in [6, 6.07) is 158. The van der Waals surface area contributed by atoms with E-state index in [-0.39, 0.29) is 10.8 Å². The molecule has 122 heavy (non-hydrogen) atoms. The molecule has 0 amide bonds. The van der Waals surface area contributed by atoms with Crippen LogP contribution in [0, 0.1) is 0 Å². The predicted octanol–water partition coefficient (Wildman–Crippen LogP) is 34.0. The minimum absolute atomic E-state index is 0.120. The molecular formula is C122H82. The number of hydrogen-bond donors (Lipinski definition) is 0. The van der Waals surface area contributed by atoms with E-state index in [1.54, 1.807) is 0 Å². The minimum Gasteiger partial charge on any atom is -0.0616 e. The van der Waals surface area contributed by atoms with Crippen molar-refractivity contribution < 1.29 is 0 Å². The number of hydrogen-bond acceptors (Lipinski definition) is 0. The molecule has 23 aromatic rings. The Balaban J connectivity index is 0.000000138. The van der Waals surface area contributed by atoms with Crippen LogP contribution < -0.4 is 0 Å². The fourth-order valence-electron chi connectivity index (χ4n) is 21.9. The van der Waals surface area contributed by atoms with Crippen molar-refractivity contribution in [2.75, 3.05) is 0 Å². The summed E-state index contributed by atoms with van der Waals surface area (Å²) in [6.07, 6.45) is 0. The van der Waals surface area contributed by atoms with Gasteiger partial charge in [-0.3, -0.25) is 0 Å². The van der Waals surface area contributed by atoms with Crippen LogP contribution in [-0.4, -0.2) is 0 Å². The Morgan fingerprint density at radius 1 is 0.131 bits per heavy atom. The van der Waals surface area contributed by atoms with Crippen LogP contribution in [0.15, 0.2) is 425 Å². The Kier molecular flexibility index (Phi) is 16.2. The second-order valence-corrected chi connectivity index (χ2v) is 34.7. The lowest BCUT2D eigenvalue weighted by Gasteiger charge is -2.24. The molecule has 0 unspecified atom stereocenters. The summed E-state index contributed by atoms with van der Waals surface area (Å²) >= 11 is 0. The molecule has 0 heteroatoms. The summed E-state index contributed by atoms with van der Waals surface area (Å²) < 4.78 is 0. The molecule has 0 radical (unpaired) electrons. The van der Waals surface area contributed by atoms with Gasteiger partial charge in [0.15, 0.2) is 0 Å². The van der Waals surface area contributed by atoms with Crippen LogP contribution in [-0.2, 0) is 10.8 Å². The van der Waals surface area contributed by atoms with Crippen molar-refractivity contribution >= 4 is 118 Å². The number of fused-ring (bicyclic) bond motifs is 24. The lowest BCUT2D eigenvalue weighted by Crippen LogP contribution is -2.15. The van der Waals surface area contributed by atoms with Gasteiger partial charge in [-0.2, -0.15) is 0 Å². The molecule has 0 fully saturated rings. The van der Waals surface area contributed by atoms with Crippen molar-refractivity contribution in [3.8, 4) is 111 Å². The molecule has 0 saturated heterocycles. The summed E-state index contributed by atoms with van der Waals surface area (Å²) in [5, 5.41) is 28.4. The molecule has 0 nitrogen and oxygen atoms in total. The molecule has 0 aromatic heterocycles. The summed E-state index contributed by atoms with van der Waals surface area (Å²) in [7, 11) is 0. The van der Waals surface area contributed by atoms with Crippen molar-refractivity contribution in [1.29, 1.82) is 0 Å². The molecule has 0 saturated carbocycles. The standard InChI is InChI=1S/C63H42.C59H40/c1-63(2)58-34-33-40(37-57(58)61-50-27-9-7-24-47(50)48-25-8-14-32-55(48)62(61)63)39-18-15-20-43(35-39)59-51-28-10-12-30-53(51)60(54-31-13-11-29-52(54)59)44-21-16-19-41(36-44)56-38-42-17-3-4-22-45(42)46-23-5-6-26-49(46)56;1-59(2)54-33-32-43(36-53(54)57-47-20-7-5-18-45(47)46-19-6-12-25-52(46)58(57)59)41-16-13-17-44(35-41)56-50-23-10-8-21-48(50)55(49-22-9-11-24-51(49)56)39-29-26-38(27-30-39)42-31-28-37-14-3-4-15-40(37)34-42/h3-38H,1-2H3;3-36H,1-2H3. The van der Waals surface area contributed by atoms with E-state index in [2.05, 4.69) is 452 Å². The lowest BCUT2D eigenvalue weighted by atomic mass is 9.79. The van der Waals surface area contributed by atoms with Crippen LogP contribution in [0.4, 0.5) is 0 Å². The quantitative estimate of drug-likeness (QED) is 0.105. The molecule has 0 atom stereocenters. The van der Waals surface area contributed by atoms with E-state index >= 15 is 0 Å². The van der Waals surface area contributed by atoms with Crippen molar-refractivity contribution in [3.63, 3.8) is 0 Å². The van der Waals surface area contributed by atoms with Gasteiger partial charge in [0.1, 0.15) is 0 Å². The highest BCUT2D eigenvalue weighted by atomic mass is 14.4. The summed E-state index contributed by atoms with van der Waals surface area (Å²) in [5.41, 5.74) is 30.7. The highest BCUT2D eigenvalue weighted by Gasteiger charge is 2.41. The van der Waals surface area contributed by atoms with Gasteiger partial charge in [0.05, 0.1) is 0 Å². The molecule has 2 aliphatic rings. The van der Waals surface area contributed by atoms with Gasteiger partial charge in [-0.25, -0.2) is 0 Å². The van der Waals surface area contributed by atoms with Gasteiger partial charge in [-0.1, -0.05) is 410 Å². The predicted molar refractivity (Wildman–Crippen MR) is 524 cm³/mol. The normalized spacial score (nSPS) is 13.0. The first-order chi connectivity index (χ1) is 60.1. The van der Waals surface area contributed by atoms with Gasteiger partial charge in [0, 0.05) is 10.8 Å². The van der Waals surface area contributed by atoms with Gasteiger partial charge in [0.2, 0.25) is 0 Å². The zero-order valence-corrected chi connectivity index (χ0v) is 68.4. The highest BCUT2D eigenvalue weighted by Crippen LogP contribution is 2.58.